The van der Waals surface area contributed by atoms with E-state index < -0.39 is 60.1 Å². The monoisotopic (exact) mass is 665 g/mol. The summed E-state index contributed by atoms with van der Waals surface area (Å²) in [5, 5.41) is 8.41. The second kappa shape index (κ2) is 18.2. The largest absolute Gasteiger partial charge is 0.459 e. The molecule has 3 rings (SSSR count). The maximum Gasteiger partial charge on any atom is 0.408 e. The molecule has 2 aromatic carbocycles. The first kappa shape index (κ1) is 38.0. The fraction of sp³-hybridized carbons (Fsp3) is 0.528. The van der Waals surface area contributed by atoms with Crippen LogP contribution in [0.4, 0.5) is 4.79 Å². The van der Waals surface area contributed by atoms with Gasteiger partial charge in [-0.05, 0) is 63.6 Å². The summed E-state index contributed by atoms with van der Waals surface area (Å²) in [4.78, 5) is 66.8. The summed E-state index contributed by atoms with van der Waals surface area (Å²) in [5.74, 6) is -2.29. The fourth-order valence-electron chi connectivity index (χ4n) is 5.58. The van der Waals surface area contributed by atoms with Crippen molar-refractivity contribution in [2.75, 3.05) is 13.1 Å². The quantitative estimate of drug-likeness (QED) is 0.198. The molecule has 1 saturated heterocycles. The predicted octanol–water partition coefficient (Wildman–Crippen LogP) is 3.22. The highest BCUT2D eigenvalue weighted by Gasteiger charge is 2.37. The molecular weight excluding hydrogens is 614 g/mol. The van der Waals surface area contributed by atoms with Crippen LogP contribution < -0.4 is 21.7 Å². The molecule has 4 amide bonds. The Morgan fingerprint density at radius 3 is 2.15 bits per heavy atom. The smallest absolute Gasteiger partial charge is 0.408 e. The summed E-state index contributed by atoms with van der Waals surface area (Å²) in [5.41, 5.74) is 6.41. The van der Waals surface area contributed by atoms with Crippen LogP contribution in [0.5, 0.6) is 0 Å². The van der Waals surface area contributed by atoms with E-state index in [2.05, 4.69) is 16.0 Å². The van der Waals surface area contributed by atoms with E-state index in [-0.39, 0.29) is 18.4 Å². The number of nitrogens with one attached hydrogen (secondary N) is 3. The number of nitrogens with two attached hydrogens (primary N) is 1. The number of rotatable bonds is 16. The molecule has 12 heteroatoms. The van der Waals surface area contributed by atoms with Crippen molar-refractivity contribution in [2.24, 2.45) is 11.7 Å². The third kappa shape index (κ3) is 12.6. The van der Waals surface area contributed by atoms with Crippen molar-refractivity contribution < 1.29 is 33.4 Å². The van der Waals surface area contributed by atoms with Crippen molar-refractivity contribution in [3.05, 3.63) is 71.8 Å². The molecule has 1 fully saturated rings. The van der Waals surface area contributed by atoms with Crippen molar-refractivity contribution in [1.82, 2.24) is 20.9 Å². The third-order valence-electron chi connectivity index (χ3n) is 8.19. The number of ether oxygens (including phenoxy) is 2. The molecule has 5 atom stereocenters. The highest BCUT2D eigenvalue weighted by molar-refractivity contribution is 5.91. The number of nitrogens with zero attached hydrogens (tertiary/aromatic N) is 1. The minimum atomic E-state index is -1.26. The van der Waals surface area contributed by atoms with Crippen molar-refractivity contribution >= 4 is 29.8 Å². The number of hydrogen-bond donors (Lipinski definition) is 4. The first-order chi connectivity index (χ1) is 22.8. The molecular formula is C36H51N5O7. The lowest BCUT2D eigenvalue weighted by atomic mass is 9.98. The fourth-order valence-corrected chi connectivity index (χ4v) is 5.58. The lowest BCUT2D eigenvalue weighted by Gasteiger charge is -2.31. The Labute approximate surface area is 283 Å². The summed E-state index contributed by atoms with van der Waals surface area (Å²) >= 11 is 0. The number of hydrogen-bond acceptors (Lipinski definition) is 8. The number of carbonyl (C=O) groups is 5. The predicted molar refractivity (Wildman–Crippen MR) is 181 cm³/mol. The van der Waals surface area contributed by atoms with E-state index >= 15 is 0 Å². The minimum Gasteiger partial charge on any atom is -0.459 e. The van der Waals surface area contributed by atoms with Gasteiger partial charge in [-0.1, -0.05) is 80.9 Å². The number of likely N-dealkylation sites (tertiary alicyclic amines) is 1. The summed E-state index contributed by atoms with van der Waals surface area (Å²) in [6.45, 7) is 9.94. The molecule has 1 heterocycles. The third-order valence-corrected chi connectivity index (χ3v) is 8.19. The van der Waals surface area contributed by atoms with Crippen molar-refractivity contribution in [3.8, 4) is 0 Å². The summed E-state index contributed by atoms with van der Waals surface area (Å²) in [6, 6.07) is 15.8. The number of benzene rings is 2. The number of primary amides is 1. The van der Waals surface area contributed by atoms with Crippen LogP contribution in [0.15, 0.2) is 60.7 Å². The van der Waals surface area contributed by atoms with Crippen molar-refractivity contribution in [3.63, 3.8) is 0 Å². The first-order valence-electron chi connectivity index (χ1n) is 16.6. The maximum atomic E-state index is 13.7. The van der Waals surface area contributed by atoms with E-state index in [1.165, 1.54) is 0 Å². The molecule has 1 aliphatic rings. The second-order valence-electron chi connectivity index (χ2n) is 13.4. The van der Waals surface area contributed by atoms with E-state index in [0.717, 1.165) is 17.5 Å². The Morgan fingerprint density at radius 2 is 1.56 bits per heavy atom. The van der Waals surface area contributed by atoms with Crippen LogP contribution in [-0.2, 0) is 41.7 Å². The normalized spacial score (nSPS) is 17.3. The van der Waals surface area contributed by atoms with Gasteiger partial charge in [-0.2, -0.15) is 0 Å². The molecule has 48 heavy (non-hydrogen) atoms. The van der Waals surface area contributed by atoms with Gasteiger partial charge in [-0.15, -0.1) is 0 Å². The summed E-state index contributed by atoms with van der Waals surface area (Å²) in [6.07, 6.45) is 1.15. The van der Waals surface area contributed by atoms with Crippen LogP contribution >= 0.6 is 0 Å². The lowest BCUT2D eigenvalue weighted by molar-refractivity contribution is -0.151. The first-order valence-corrected chi connectivity index (χ1v) is 16.6. The lowest BCUT2D eigenvalue weighted by Crippen LogP contribution is -2.56. The van der Waals surface area contributed by atoms with Gasteiger partial charge in [0.15, 0.2) is 0 Å². The van der Waals surface area contributed by atoms with Crippen molar-refractivity contribution in [1.29, 1.82) is 0 Å². The molecule has 0 aromatic heterocycles. The molecule has 262 valence electrons. The minimum absolute atomic E-state index is 0.110. The summed E-state index contributed by atoms with van der Waals surface area (Å²) in [7, 11) is 0. The number of alkyl carbamates (subject to hydrolysis) is 1. The molecule has 0 aliphatic carbocycles. The number of amides is 4. The molecule has 0 radical (unpaired) electrons. The zero-order chi connectivity index (χ0) is 35.3. The van der Waals surface area contributed by atoms with E-state index in [4.69, 9.17) is 15.2 Å². The molecule has 5 N–H and O–H groups in total. The van der Waals surface area contributed by atoms with Gasteiger partial charge < -0.3 is 31.2 Å². The molecule has 12 nitrogen and oxygen atoms in total. The van der Waals surface area contributed by atoms with Crippen LogP contribution in [0.3, 0.4) is 0 Å². The number of esters is 1. The zero-order valence-electron chi connectivity index (χ0n) is 28.7. The van der Waals surface area contributed by atoms with E-state index in [1.54, 1.807) is 20.8 Å². The molecule has 0 saturated carbocycles. The Kier molecular flexibility index (Phi) is 14.4. The molecule has 1 aliphatic heterocycles. The molecule has 0 spiro atoms. The Balaban J connectivity index is 1.74. The molecule has 1 unspecified atom stereocenters. The van der Waals surface area contributed by atoms with Crippen molar-refractivity contribution in [2.45, 2.75) is 103 Å². The van der Waals surface area contributed by atoms with Gasteiger partial charge in [-0.25, -0.2) is 9.59 Å². The van der Waals surface area contributed by atoms with E-state index in [1.807, 2.05) is 79.4 Å². The highest BCUT2D eigenvalue weighted by Crippen LogP contribution is 2.21. The SMILES string of the molecule is CC[C@H](C)[C@H](NC(=O)[C@@H]1CCCN1CC(Cc1ccccc1)NC(=O)[C@H](CC(N)=O)NC(=O)OC(C)(C)C)C(=O)OCc1ccccc1. The molecule has 0 bridgehead atoms. The zero-order valence-corrected chi connectivity index (χ0v) is 28.7. The van der Waals surface area contributed by atoms with Gasteiger partial charge in [0.05, 0.1) is 12.5 Å². The molecule has 2 aromatic rings. The van der Waals surface area contributed by atoms with Crippen LogP contribution in [0.1, 0.15) is 71.4 Å². The highest BCUT2D eigenvalue weighted by atomic mass is 16.6. The van der Waals surface area contributed by atoms with Crippen LogP contribution in [0.2, 0.25) is 0 Å². The van der Waals surface area contributed by atoms with E-state index in [9.17, 15) is 24.0 Å². The van der Waals surface area contributed by atoms with Crippen LogP contribution in [0, 0.1) is 5.92 Å². The van der Waals surface area contributed by atoms with Gasteiger partial charge in [-0.3, -0.25) is 19.3 Å². The van der Waals surface area contributed by atoms with Crippen LogP contribution in [0.25, 0.3) is 0 Å². The summed E-state index contributed by atoms with van der Waals surface area (Å²) < 4.78 is 10.9. The van der Waals surface area contributed by atoms with Gasteiger partial charge >= 0.3 is 12.1 Å². The second-order valence-corrected chi connectivity index (χ2v) is 13.4. The Morgan fingerprint density at radius 1 is 0.938 bits per heavy atom. The van der Waals surface area contributed by atoms with E-state index in [0.29, 0.717) is 32.4 Å². The van der Waals surface area contributed by atoms with Crippen LogP contribution in [-0.4, -0.2) is 77.5 Å². The van der Waals surface area contributed by atoms with Gasteiger partial charge in [0, 0.05) is 12.6 Å². The Bertz CT molecular complexity index is 1370. The van der Waals surface area contributed by atoms with Gasteiger partial charge in [0.25, 0.3) is 0 Å². The standard InChI is InChI=1S/C36H51N5O7/c1-6-24(2)31(34(45)47-23-26-16-11-8-12-17-26)40-33(44)29-18-13-19-41(29)22-27(20-25-14-9-7-10-15-25)38-32(43)28(21-30(37)42)39-35(46)48-36(3,4)5/h7-12,14-17,24,27-29,31H,6,13,18-23H2,1-5H3,(H2,37,42)(H,38,43)(H,39,46)(H,40,44)/t24-,27?,28-,29-,31-/m0/s1. The Hall–Kier alpha value is -4.45. The average Bonchev–Trinajstić information content (AvgIpc) is 3.49. The maximum absolute atomic E-state index is 13.7. The van der Waals surface area contributed by atoms with Gasteiger partial charge in [0.1, 0.15) is 24.3 Å². The average molecular weight is 666 g/mol. The topological polar surface area (TPSA) is 169 Å². The number of carbonyl (C=O) groups excluding carboxylic acids is 5. The van der Waals surface area contributed by atoms with Gasteiger partial charge in [0.2, 0.25) is 17.7 Å².